The van der Waals surface area contributed by atoms with Crippen molar-refractivity contribution in [2.45, 2.75) is 27.7 Å². The van der Waals surface area contributed by atoms with E-state index < -0.39 is 5.91 Å². The maximum absolute atomic E-state index is 9.82. The lowest BCUT2D eigenvalue weighted by Gasteiger charge is -1.81. The van der Waals surface area contributed by atoms with Gasteiger partial charge in [-0.05, 0) is 27.7 Å². The average Bonchev–Trinajstić information content (AvgIpc) is 2.03. The van der Waals surface area contributed by atoms with Gasteiger partial charge in [-0.1, -0.05) is 17.3 Å². The van der Waals surface area contributed by atoms with Crippen LogP contribution in [0.3, 0.4) is 0 Å². The second kappa shape index (κ2) is 14.1. The summed E-state index contributed by atoms with van der Waals surface area (Å²) in [5.41, 5.74) is 6.26. The minimum atomic E-state index is -0.435. The van der Waals surface area contributed by atoms with Gasteiger partial charge in [-0.3, -0.25) is 4.79 Å². The van der Waals surface area contributed by atoms with Crippen molar-refractivity contribution in [2.24, 2.45) is 10.9 Å². The van der Waals surface area contributed by atoms with Crippen LogP contribution < -0.4 is 5.73 Å². The Bertz CT molecular complexity index is 182. The van der Waals surface area contributed by atoms with E-state index in [0.717, 1.165) is 0 Å². The number of carbonyl (C=O) groups excluding carboxylic acids is 1. The molecule has 4 heteroatoms. The summed E-state index contributed by atoms with van der Waals surface area (Å²) in [6.45, 7) is 14.4. The van der Waals surface area contributed by atoms with E-state index in [0.29, 0.717) is 12.1 Å². The van der Waals surface area contributed by atoms with Gasteiger partial charge in [0.05, 0.1) is 6.54 Å². The monoisotopic (exact) mass is 200 g/mol. The summed E-state index contributed by atoms with van der Waals surface area (Å²) in [5.74, 6) is -0.435. The number of nitrogens with two attached hydrogens (primary N) is 1. The van der Waals surface area contributed by atoms with Gasteiger partial charge in [-0.25, -0.2) is 0 Å². The van der Waals surface area contributed by atoms with Crippen LogP contribution in [0.25, 0.3) is 0 Å². The summed E-state index contributed by atoms with van der Waals surface area (Å²) >= 11 is 0. The van der Waals surface area contributed by atoms with Crippen molar-refractivity contribution in [3.63, 3.8) is 0 Å². The first-order chi connectivity index (χ1) is 6.29. The Labute approximate surface area is 85.9 Å². The molecule has 82 valence electrons. The van der Waals surface area contributed by atoms with Crippen LogP contribution in [0.15, 0.2) is 29.5 Å². The summed E-state index contributed by atoms with van der Waals surface area (Å²) in [6, 6.07) is 0. The topological polar surface area (TPSA) is 72.5 Å². The Morgan fingerprint density at radius 2 is 1.43 bits per heavy atom. The average molecular weight is 200 g/mol. The summed E-state index contributed by atoms with van der Waals surface area (Å²) < 4.78 is 0. The summed E-state index contributed by atoms with van der Waals surface area (Å²) in [6.07, 6.45) is 0. The third-order valence-electron chi connectivity index (χ3n) is 0.550. The number of primary amides is 1. The predicted molar refractivity (Wildman–Crippen MR) is 60.8 cm³/mol. The van der Waals surface area contributed by atoms with Gasteiger partial charge in [-0.2, -0.15) is 4.91 Å². The number of allylic oxidation sites excluding steroid dienone is 1. The third kappa shape index (κ3) is 76.3. The normalized spacial score (nSPS) is 6.86. The number of carbonyl (C=O) groups is 1. The summed E-state index contributed by atoms with van der Waals surface area (Å²) in [7, 11) is 0. The zero-order valence-electron chi connectivity index (χ0n) is 9.46. The van der Waals surface area contributed by atoms with Crippen molar-refractivity contribution in [1.29, 1.82) is 0 Å². The van der Waals surface area contributed by atoms with Crippen LogP contribution in [-0.4, -0.2) is 12.5 Å². The van der Waals surface area contributed by atoms with E-state index in [1.807, 2.05) is 13.8 Å². The zero-order chi connectivity index (χ0) is 12.1. The second-order valence-electron chi connectivity index (χ2n) is 2.80. The SMILES string of the molecule is C=C(C)C.C=C(C)C(N)=O.CCN=O. The molecule has 0 aliphatic carbocycles. The quantitative estimate of drug-likeness (QED) is 0.422. The maximum atomic E-state index is 9.82. The fourth-order valence-electron chi connectivity index (χ4n) is 0. The van der Waals surface area contributed by atoms with Crippen molar-refractivity contribution in [1.82, 2.24) is 0 Å². The summed E-state index contributed by atoms with van der Waals surface area (Å²) in [5, 5.41) is 2.49. The molecule has 0 spiro atoms. The smallest absolute Gasteiger partial charge is 0.243 e. The van der Waals surface area contributed by atoms with Gasteiger partial charge in [0.25, 0.3) is 0 Å². The first-order valence-corrected chi connectivity index (χ1v) is 4.16. The van der Waals surface area contributed by atoms with Crippen molar-refractivity contribution in [3.8, 4) is 0 Å². The molecule has 0 unspecified atom stereocenters. The lowest BCUT2D eigenvalue weighted by Crippen LogP contribution is -2.10. The van der Waals surface area contributed by atoms with Crippen LogP contribution in [0.2, 0.25) is 0 Å². The van der Waals surface area contributed by atoms with Gasteiger partial charge in [0.2, 0.25) is 5.91 Å². The van der Waals surface area contributed by atoms with E-state index in [4.69, 9.17) is 10.6 Å². The Hall–Kier alpha value is -1.45. The number of hydrogen-bond donors (Lipinski definition) is 1. The van der Waals surface area contributed by atoms with Crippen molar-refractivity contribution in [2.75, 3.05) is 6.54 Å². The highest BCUT2D eigenvalue weighted by molar-refractivity contribution is 5.90. The highest BCUT2D eigenvalue weighted by atomic mass is 16.3. The van der Waals surface area contributed by atoms with E-state index in [2.05, 4.69) is 18.3 Å². The maximum Gasteiger partial charge on any atom is 0.243 e. The third-order valence-corrected chi connectivity index (χ3v) is 0.550. The van der Waals surface area contributed by atoms with Crippen molar-refractivity contribution >= 4 is 5.91 Å². The van der Waals surface area contributed by atoms with E-state index in [1.54, 1.807) is 13.8 Å². The van der Waals surface area contributed by atoms with Crippen LogP contribution in [0.1, 0.15) is 27.7 Å². The number of nitrogens with zero attached hydrogens (tertiary/aromatic N) is 1. The molecule has 0 heterocycles. The number of nitroso groups, excluding NO2 is 1. The molecule has 0 saturated heterocycles. The minimum Gasteiger partial charge on any atom is -0.366 e. The Morgan fingerprint density at radius 1 is 1.29 bits per heavy atom. The van der Waals surface area contributed by atoms with Gasteiger partial charge >= 0.3 is 0 Å². The predicted octanol–water partition coefficient (Wildman–Crippen LogP) is 2.40. The molecule has 0 saturated carbocycles. The molecule has 0 aromatic carbocycles. The Kier molecular flexibility index (Phi) is 18.5. The van der Waals surface area contributed by atoms with Gasteiger partial charge in [-0.15, -0.1) is 6.58 Å². The largest absolute Gasteiger partial charge is 0.366 e. The highest BCUT2D eigenvalue weighted by Crippen LogP contribution is 1.78. The van der Waals surface area contributed by atoms with E-state index in [-0.39, 0.29) is 0 Å². The molecule has 0 radical (unpaired) electrons. The zero-order valence-corrected chi connectivity index (χ0v) is 9.46. The molecule has 0 aliphatic rings. The van der Waals surface area contributed by atoms with Crippen molar-refractivity contribution in [3.05, 3.63) is 29.2 Å². The molecule has 0 aliphatic heterocycles. The number of rotatable bonds is 2. The van der Waals surface area contributed by atoms with Crippen LogP contribution >= 0.6 is 0 Å². The molecule has 14 heavy (non-hydrogen) atoms. The van der Waals surface area contributed by atoms with Crippen LogP contribution in [0.5, 0.6) is 0 Å². The molecular weight excluding hydrogens is 180 g/mol. The lowest BCUT2D eigenvalue weighted by atomic mass is 10.3. The van der Waals surface area contributed by atoms with Gasteiger partial charge in [0, 0.05) is 5.57 Å². The highest BCUT2D eigenvalue weighted by Gasteiger charge is 1.86. The molecule has 0 aromatic heterocycles. The molecule has 0 rings (SSSR count). The molecule has 2 N–H and O–H groups in total. The Morgan fingerprint density at radius 3 is 1.43 bits per heavy atom. The van der Waals surface area contributed by atoms with E-state index in [9.17, 15) is 4.79 Å². The summed E-state index contributed by atoms with van der Waals surface area (Å²) in [4.78, 5) is 18.7. The molecule has 0 bridgehead atoms. The second-order valence-corrected chi connectivity index (χ2v) is 2.80. The fraction of sp³-hybridized carbons (Fsp3) is 0.500. The standard InChI is InChI=1S/C4H7NO.C4H8.C2H5NO/c1-3(2)4(5)6;1-4(2)3;1-2-3-4/h1H2,2H3,(H2,5,6);1H2,2-3H3;2H2,1H3. The minimum absolute atomic E-state index is 0.389. The first-order valence-electron chi connectivity index (χ1n) is 4.16. The molecular formula is C10H20N2O2. The van der Waals surface area contributed by atoms with Crippen molar-refractivity contribution < 1.29 is 4.79 Å². The lowest BCUT2D eigenvalue weighted by molar-refractivity contribution is -0.114. The molecule has 0 fully saturated rings. The first kappa shape index (κ1) is 18.4. The van der Waals surface area contributed by atoms with E-state index in [1.165, 1.54) is 5.57 Å². The van der Waals surface area contributed by atoms with E-state index >= 15 is 0 Å². The van der Waals surface area contributed by atoms with Gasteiger partial charge < -0.3 is 5.73 Å². The molecule has 4 nitrogen and oxygen atoms in total. The van der Waals surface area contributed by atoms with Crippen LogP contribution in [-0.2, 0) is 4.79 Å². The molecule has 1 amide bonds. The Balaban J connectivity index is -0.000000135. The van der Waals surface area contributed by atoms with Crippen LogP contribution in [0.4, 0.5) is 0 Å². The van der Waals surface area contributed by atoms with Crippen LogP contribution in [0, 0.1) is 4.91 Å². The van der Waals surface area contributed by atoms with Gasteiger partial charge in [0.15, 0.2) is 0 Å². The fourth-order valence-corrected chi connectivity index (χ4v) is 0. The van der Waals surface area contributed by atoms with Gasteiger partial charge in [0.1, 0.15) is 0 Å². The number of hydrogen-bond acceptors (Lipinski definition) is 3. The molecule has 0 aromatic rings. The molecule has 0 atom stereocenters. The number of amides is 1.